The summed E-state index contributed by atoms with van der Waals surface area (Å²) in [5, 5.41) is 5.32. The topological polar surface area (TPSA) is 29.9 Å². The molecular formula is C10H13N3S. The molecule has 0 saturated heterocycles. The van der Waals surface area contributed by atoms with Gasteiger partial charge >= 0.3 is 0 Å². The molecule has 2 heterocycles. The van der Waals surface area contributed by atoms with Crippen molar-refractivity contribution in [1.29, 1.82) is 0 Å². The van der Waals surface area contributed by atoms with Gasteiger partial charge in [-0.1, -0.05) is 6.07 Å². The number of anilines is 1. The van der Waals surface area contributed by atoms with Crippen LogP contribution < -0.4 is 5.32 Å². The molecule has 2 aromatic rings. The Morgan fingerprint density at radius 1 is 1.57 bits per heavy atom. The number of thiophene rings is 1. The van der Waals surface area contributed by atoms with Crippen LogP contribution in [0.4, 0.5) is 5.95 Å². The van der Waals surface area contributed by atoms with Crippen LogP contribution in [0.25, 0.3) is 0 Å². The molecule has 0 fully saturated rings. The van der Waals surface area contributed by atoms with Gasteiger partial charge in [-0.25, -0.2) is 4.98 Å². The van der Waals surface area contributed by atoms with Gasteiger partial charge in [0.15, 0.2) is 0 Å². The summed E-state index contributed by atoms with van der Waals surface area (Å²) in [6.07, 6.45) is 3.82. The molecule has 0 amide bonds. The van der Waals surface area contributed by atoms with Crippen molar-refractivity contribution in [3.05, 3.63) is 34.8 Å². The Balaban J connectivity index is 2.12. The van der Waals surface area contributed by atoms with Crippen LogP contribution in [0.5, 0.6) is 0 Å². The molecule has 2 rings (SSSR count). The van der Waals surface area contributed by atoms with E-state index < -0.39 is 0 Å². The van der Waals surface area contributed by atoms with Gasteiger partial charge in [0.2, 0.25) is 5.95 Å². The fraction of sp³-hybridized carbons (Fsp3) is 0.300. The smallest absolute Gasteiger partial charge is 0.203 e. The highest BCUT2D eigenvalue weighted by Crippen LogP contribution is 2.13. The first-order valence-corrected chi connectivity index (χ1v) is 5.55. The molecule has 4 heteroatoms. The lowest BCUT2D eigenvalue weighted by atomic mass is 10.4. The molecule has 0 aliphatic rings. The van der Waals surface area contributed by atoms with Crippen LogP contribution in [0.2, 0.25) is 0 Å². The Labute approximate surface area is 87.4 Å². The van der Waals surface area contributed by atoms with Crippen LogP contribution in [-0.2, 0) is 6.54 Å². The van der Waals surface area contributed by atoms with Crippen LogP contribution in [0.3, 0.4) is 0 Å². The van der Waals surface area contributed by atoms with Crippen LogP contribution in [-0.4, -0.2) is 16.1 Å². The molecule has 0 saturated carbocycles. The molecule has 14 heavy (non-hydrogen) atoms. The first-order valence-electron chi connectivity index (χ1n) is 4.67. The number of imidazole rings is 1. The summed E-state index contributed by atoms with van der Waals surface area (Å²) in [6.45, 7) is 3.88. The van der Waals surface area contributed by atoms with E-state index in [4.69, 9.17) is 0 Å². The van der Waals surface area contributed by atoms with Crippen molar-refractivity contribution in [3.8, 4) is 0 Å². The maximum Gasteiger partial charge on any atom is 0.203 e. The monoisotopic (exact) mass is 207 g/mol. The van der Waals surface area contributed by atoms with E-state index in [0.29, 0.717) is 0 Å². The van der Waals surface area contributed by atoms with E-state index >= 15 is 0 Å². The van der Waals surface area contributed by atoms with Crippen molar-refractivity contribution in [3.63, 3.8) is 0 Å². The SMILES string of the molecule is CCNc1nccn1Cc1cccs1. The third-order valence-corrected chi connectivity index (χ3v) is 2.82. The molecular weight excluding hydrogens is 194 g/mol. The van der Waals surface area contributed by atoms with E-state index in [1.807, 2.05) is 12.4 Å². The zero-order valence-electron chi connectivity index (χ0n) is 8.10. The van der Waals surface area contributed by atoms with Gasteiger partial charge in [0, 0.05) is 23.8 Å². The fourth-order valence-electron chi connectivity index (χ4n) is 1.33. The van der Waals surface area contributed by atoms with Gasteiger partial charge < -0.3 is 9.88 Å². The Kier molecular flexibility index (Phi) is 2.84. The third-order valence-electron chi connectivity index (χ3n) is 1.96. The number of aromatic nitrogens is 2. The van der Waals surface area contributed by atoms with Gasteiger partial charge in [0.25, 0.3) is 0 Å². The molecule has 0 spiro atoms. The molecule has 0 bridgehead atoms. The minimum atomic E-state index is 0.903. The number of nitrogens with zero attached hydrogens (tertiary/aromatic N) is 2. The van der Waals surface area contributed by atoms with Crippen LogP contribution in [0.15, 0.2) is 29.9 Å². The highest BCUT2D eigenvalue weighted by atomic mass is 32.1. The van der Waals surface area contributed by atoms with Crippen LogP contribution in [0.1, 0.15) is 11.8 Å². The minimum absolute atomic E-state index is 0.903. The summed E-state index contributed by atoms with van der Waals surface area (Å²) in [7, 11) is 0. The lowest BCUT2D eigenvalue weighted by molar-refractivity contribution is 0.812. The summed E-state index contributed by atoms with van der Waals surface area (Å²) in [6, 6.07) is 4.21. The maximum atomic E-state index is 4.24. The Morgan fingerprint density at radius 3 is 3.21 bits per heavy atom. The highest BCUT2D eigenvalue weighted by Gasteiger charge is 2.01. The Hall–Kier alpha value is -1.29. The second kappa shape index (κ2) is 4.28. The Morgan fingerprint density at radius 2 is 2.50 bits per heavy atom. The number of nitrogens with one attached hydrogen (secondary N) is 1. The minimum Gasteiger partial charge on any atom is -0.356 e. The molecule has 2 aromatic heterocycles. The predicted molar refractivity (Wildman–Crippen MR) is 59.8 cm³/mol. The second-order valence-electron chi connectivity index (χ2n) is 2.99. The lowest BCUT2D eigenvalue weighted by Gasteiger charge is -2.06. The van der Waals surface area contributed by atoms with Gasteiger partial charge in [-0.3, -0.25) is 0 Å². The number of hydrogen-bond donors (Lipinski definition) is 1. The molecule has 74 valence electrons. The van der Waals surface area contributed by atoms with Gasteiger partial charge in [-0.15, -0.1) is 11.3 Å². The molecule has 0 aromatic carbocycles. The van der Waals surface area contributed by atoms with E-state index in [-0.39, 0.29) is 0 Å². The molecule has 0 aliphatic carbocycles. The maximum absolute atomic E-state index is 4.24. The zero-order chi connectivity index (χ0) is 9.80. The molecule has 1 N–H and O–H groups in total. The zero-order valence-corrected chi connectivity index (χ0v) is 8.92. The van der Waals surface area contributed by atoms with Gasteiger partial charge in [-0.2, -0.15) is 0 Å². The number of hydrogen-bond acceptors (Lipinski definition) is 3. The van der Waals surface area contributed by atoms with Gasteiger partial charge in [-0.05, 0) is 18.4 Å². The van der Waals surface area contributed by atoms with Crippen LogP contribution >= 0.6 is 11.3 Å². The van der Waals surface area contributed by atoms with Crippen molar-refractivity contribution in [1.82, 2.24) is 9.55 Å². The van der Waals surface area contributed by atoms with E-state index in [0.717, 1.165) is 19.0 Å². The summed E-state index contributed by atoms with van der Waals surface area (Å²) in [5.41, 5.74) is 0. The first kappa shape index (κ1) is 9.27. The van der Waals surface area contributed by atoms with Crippen LogP contribution in [0, 0.1) is 0 Å². The van der Waals surface area contributed by atoms with E-state index in [9.17, 15) is 0 Å². The predicted octanol–water partition coefficient (Wildman–Crippen LogP) is 2.42. The van der Waals surface area contributed by atoms with Crippen molar-refractivity contribution in [2.45, 2.75) is 13.5 Å². The fourth-order valence-corrected chi connectivity index (χ4v) is 2.04. The summed E-state index contributed by atoms with van der Waals surface area (Å²) in [4.78, 5) is 5.59. The largest absolute Gasteiger partial charge is 0.356 e. The Bertz CT molecular complexity index is 378. The third kappa shape index (κ3) is 1.96. The average Bonchev–Trinajstić information content (AvgIpc) is 2.80. The summed E-state index contributed by atoms with van der Waals surface area (Å²) in [5.74, 6) is 0.945. The molecule has 0 aliphatic heterocycles. The summed E-state index contributed by atoms with van der Waals surface area (Å²) >= 11 is 1.77. The van der Waals surface area contributed by atoms with Gasteiger partial charge in [0.1, 0.15) is 0 Å². The number of rotatable bonds is 4. The molecule has 0 unspecified atom stereocenters. The second-order valence-corrected chi connectivity index (χ2v) is 4.02. The quantitative estimate of drug-likeness (QED) is 0.834. The lowest BCUT2D eigenvalue weighted by Crippen LogP contribution is -2.06. The summed E-state index contributed by atoms with van der Waals surface area (Å²) < 4.78 is 2.12. The highest BCUT2D eigenvalue weighted by molar-refractivity contribution is 7.09. The molecule has 0 radical (unpaired) electrons. The van der Waals surface area contributed by atoms with E-state index in [2.05, 4.69) is 39.3 Å². The molecule has 3 nitrogen and oxygen atoms in total. The van der Waals surface area contributed by atoms with Gasteiger partial charge in [0.05, 0.1) is 6.54 Å². The standard InChI is InChI=1S/C10H13N3S/c1-2-11-10-12-5-6-13(10)8-9-4-3-7-14-9/h3-7H,2,8H2,1H3,(H,11,12). The van der Waals surface area contributed by atoms with Crippen molar-refractivity contribution in [2.75, 3.05) is 11.9 Å². The van der Waals surface area contributed by atoms with E-state index in [1.165, 1.54) is 4.88 Å². The van der Waals surface area contributed by atoms with Crippen molar-refractivity contribution in [2.24, 2.45) is 0 Å². The average molecular weight is 207 g/mol. The van der Waals surface area contributed by atoms with E-state index in [1.54, 1.807) is 11.3 Å². The molecule has 0 atom stereocenters. The normalized spacial score (nSPS) is 10.4. The van der Waals surface area contributed by atoms with Crippen molar-refractivity contribution >= 4 is 17.3 Å². The first-order chi connectivity index (χ1) is 6.90. The van der Waals surface area contributed by atoms with Crippen molar-refractivity contribution < 1.29 is 0 Å².